The number of nitrogens with zero attached hydrogens (tertiary/aromatic N) is 3. The van der Waals surface area contributed by atoms with Gasteiger partial charge in [-0.1, -0.05) is 30.3 Å². The SMILES string of the molecule is CCSc1ncc2c3c(c(-c4c(F)ccc5sc(NC(=O)OC(C)(C)C)c(C#N)c45)c(Cl)c2n1)COC3. The quantitative estimate of drug-likeness (QED) is 0.203. The van der Waals surface area contributed by atoms with Crippen LogP contribution in [-0.2, 0) is 22.7 Å². The van der Waals surface area contributed by atoms with Gasteiger partial charge in [-0.15, -0.1) is 11.3 Å². The van der Waals surface area contributed by atoms with Gasteiger partial charge < -0.3 is 9.47 Å². The van der Waals surface area contributed by atoms with Crippen LogP contribution >= 0.6 is 34.7 Å². The molecule has 0 unspecified atom stereocenters. The fourth-order valence-corrected chi connectivity index (χ4v) is 6.30. The van der Waals surface area contributed by atoms with Crippen molar-refractivity contribution in [2.24, 2.45) is 0 Å². The smallest absolute Gasteiger partial charge is 0.412 e. The molecule has 7 nitrogen and oxygen atoms in total. The highest BCUT2D eigenvalue weighted by Gasteiger charge is 2.30. The van der Waals surface area contributed by atoms with E-state index in [1.807, 2.05) is 6.92 Å². The highest BCUT2D eigenvalue weighted by Crippen LogP contribution is 2.49. The van der Waals surface area contributed by atoms with Crippen molar-refractivity contribution in [2.45, 2.75) is 51.7 Å². The molecule has 0 radical (unpaired) electrons. The van der Waals surface area contributed by atoms with E-state index in [0.717, 1.165) is 22.3 Å². The molecule has 190 valence electrons. The van der Waals surface area contributed by atoms with Gasteiger partial charge in [-0.25, -0.2) is 19.2 Å². The molecule has 0 aliphatic carbocycles. The van der Waals surface area contributed by atoms with Gasteiger partial charge in [0.25, 0.3) is 0 Å². The summed E-state index contributed by atoms with van der Waals surface area (Å²) in [5.41, 5.74) is 2.12. The molecular formula is C26H22ClFN4O3S2. The van der Waals surface area contributed by atoms with Crippen molar-refractivity contribution in [2.75, 3.05) is 11.1 Å². The van der Waals surface area contributed by atoms with Crippen molar-refractivity contribution < 1.29 is 18.7 Å². The Morgan fingerprint density at radius 3 is 2.78 bits per heavy atom. The lowest BCUT2D eigenvalue weighted by Gasteiger charge is -2.19. The summed E-state index contributed by atoms with van der Waals surface area (Å²) in [6.45, 7) is 7.78. The Hall–Kier alpha value is -2.97. The van der Waals surface area contributed by atoms with Crippen molar-refractivity contribution >= 4 is 66.8 Å². The van der Waals surface area contributed by atoms with Crippen LogP contribution in [0.15, 0.2) is 23.5 Å². The summed E-state index contributed by atoms with van der Waals surface area (Å²) in [5.74, 6) is 0.240. The average Bonchev–Trinajstić information content (AvgIpc) is 3.44. The molecule has 0 saturated carbocycles. The first-order valence-corrected chi connectivity index (χ1v) is 13.7. The third-order valence-electron chi connectivity index (χ3n) is 5.73. The molecule has 0 fully saturated rings. The lowest BCUT2D eigenvalue weighted by Crippen LogP contribution is -2.27. The molecule has 1 aliphatic rings. The van der Waals surface area contributed by atoms with Gasteiger partial charge in [0.2, 0.25) is 0 Å². The Balaban J connectivity index is 1.78. The van der Waals surface area contributed by atoms with E-state index in [-0.39, 0.29) is 27.8 Å². The summed E-state index contributed by atoms with van der Waals surface area (Å²) in [4.78, 5) is 21.6. The topological polar surface area (TPSA) is 97.1 Å². The average molecular weight is 557 g/mol. The van der Waals surface area contributed by atoms with Crippen LogP contribution in [0, 0.1) is 17.1 Å². The summed E-state index contributed by atoms with van der Waals surface area (Å²) >= 11 is 9.62. The number of carbonyl (C=O) groups excluding carboxylic acids is 1. The van der Waals surface area contributed by atoms with Gasteiger partial charge >= 0.3 is 6.09 Å². The number of rotatable bonds is 4. The van der Waals surface area contributed by atoms with Crippen LogP contribution in [0.4, 0.5) is 14.2 Å². The van der Waals surface area contributed by atoms with Crippen molar-refractivity contribution in [3.63, 3.8) is 0 Å². The van der Waals surface area contributed by atoms with Gasteiger partial charge in [-0.3, -0.25) is 5.32 Å². The minimum Gasteiger partial charge on any atom is -0.444 e. The Bertz CT molecular complexity index is 1630. The lowest BCUT2D eigenvalue weighted by molar-refractivity contribution is 0.0636. The molecule has 2 aromatic heterocycles. The predicted octanol–water partition coefficient (Wildman–Crippen LogP) is 7.66. The first kappa shape index (κ1) is 25.7. The fraction of sp³-hybridized carbons (Fsp3) is 0.308. The number of fused-ring (bicyclic) bond motifs is 4. The summed E-state index contributed by atoms with van der Waals surface area (Å²) in [5, 5.41) is 15.0. The largest absolute Gasteiger partial charge is 0.444 e. The highest BCUT2D eigenvalue weighted by molar-refractivity contribution is 7.99. The number of hydrogen-bond acceptors (Lipinski definition) is 8. The number of hydrogen-bond donors (Lipinski definition) is 1. The van der Waals surface area contributed by atoms with E-state index in [1.165, 1.54) is 29.2 Å². The fourth-order valence-electron chi connectivity index (χ4n) is 4.36. The maximum atomic E-state index is 15.7. The number of nitrogens with one attached hydrogen (secondary N) is 1. The number of amides is 1. The Labute approximate surface area is 225 Å². The van der Waals surface area contributed by atoms with E-state index < -0.39 is 17.5 Å². The molecule has 0 atom stereocenters. The predicted molar refractivity (Wildman–Crippen MR) is 145 cm³/mol. The number of anilines is 1. The minimum absolute atomic E-state index is 0.133. The van der Waals surface area contributed by atoms with Gasteiger partial charge in [0, 0.05) is 32.8 Å². The zero-order valence-electron chi connectivity index (χ0n) is 20.5. The van der Waals surface area contributed by atoms with Gasteiger partial charge in [0.15, 0.2) is 5.16 Å². The Kier molecular flexibility index (Phi) is 6.75. The lowest BCUT2D eigenvalue weighted by atomic mass is 9.91. The van der Waals surface area contributed by atoms with E-state index in [1.54, 1.807) is 33.0 Å². The van der Waals surface area contributed by atoms with Crippen LogP contribution in [-0.4, -0.2) is 27.4 Å². The van der Waals surface area contributed by atoms with Gasteiger partial charge in [-0.2, -0.15) is 5.26 Å². The second kappa shape index (κ2) is 9.72. The number of ether oxygens (including phenoxy) is 2. The highest BCUT2D eigenvalue weighted by atomic mass is 35.5. The standard InChI is InChI=1S/C26H22ClFN4O3S2/c1-5-36-24-30-9-13-14-10-34-11-15(14)19(21(27)22(13)31-24)20-16(28)6-7-17-18(20)12(8-29)23(37-17)32-25(33)35-26(2,3)4/h6-7,9H,5,10-11H2,1-4H3,(H,32,33). The number of nitriles is 1. The zero-order valence-corrected chi connectivity index (χ0v) is 22.9. The van der Waals surface area contributed by atoms with Crippen LogP contribution in [0.2, 0.25) is 5.02 Å². The summed E-state index contributed by atoms with van der Waals surface area (Å²) in [6, 6.07) is 5.07. The second-order valence-electron chi connectivity index (χ2n) is 9.33. The molecule has 2 aromatic carbocycles. The maximum absolute atomic E-state index is 15.7. The van der Waals surface area contributed by atoms with E-state index in [2.05, 4.69) is 21.4 Å². The van der Waals surface area contributed by atoms with E-state index in [0.29, 0.717) is 32.9 Å². The molecular weight excluding hydrogens is 535 g/mol. The van der Waals surface area contributed by atoms with Crippen LogP contribution < -0.4 is 5.32 Å². The van der Waals surface area contributed by atoms with E-state index >= 15 is 4.39 Å². The first-order valence-electron chi connectivity index (χ1n) is 11.5. The molecule has 0 bridgehead atoms. The monoisotopic (exact) mass is 556 g/mol. The van der Waals surface area contributed by atoms with Crippen molar-refractivity contribution in [1.29, 1.82) is 5.26 Å². The summed E-state index contributed by atoms with van der Waals surface area (Å²) in [6.07, 6.45) is 1.03. The van der Waals surface area contributed by atoms with Crippen molar-refractivity contribution in [1.82, 2.24) is 9.97 Å². The minimum atomic E-state index is -0.721. The molecule has 5 rings (SSSR count). The van der Waals surface area contributed by atoms with Gasteiger partial charge in [-0.05, 0) is 49.8 Å². The van der Waals surface area contributed by atoms with Gasteiger partial charge in [0.05, 0.1) is 29.3 Å². The summed E-state index contributed by atoms with van der Waals surface area (Å²) in [7, 11) is 0. The molecule has 1 amide bonds. The van der Waals surface area contributed by atoms with Gasteiger partial charge in [0.1, 0.15) is 22.5 Å². The second-order valence-corrected chi connectivity index (χ2v) is 12.0. The number of halogens is 2. The number of thioether (sulfide) groups is 1. The van der Waals surface area contributed by atoms with Crippen molar-refractivity contribution in [3.8, 4) is 17.2 Å². The first-order chi connectivity index (χ1) is 17.6. The zero-order chi connectivity index (χ0) is 26.5. The summed E-state index contributed by atoms with van der Waals surface area (Å²) < 4.78 is 27.4. The molecule has 0 saturated heterocycles. The normalized spacial score (nSPS) is 13.1. The van der Waals surface area contributed by atoms with Crippen LogP contribution in [0.3, 0.4) is 0 Å². The van der Waals surface area contributed by atoms with E-state index in [9.17, 15) is 10.1 Å². The molecule has 4 aromatic rings. The van der Waals surface area contributed by atoms with Crippen molar-refractivity contribution in [3.05, 3.63) is 45.9 Å². The number of thiophene rings is 1. The van der Waals surface area contributed by atoms with E-state index in [4.69, 9.17) is 21.1 Å². The maximum Gasteiger partial charge on any atom is 0.412 e. The molecule has 1 aliphatic heterocycles. The van der Waals surface area contributed by atoms with Crippen LogP contribution in [0.25, 0.3) is 32.1 Å². The third-order valence-corrected chi connectivity index (χ3v) is 7.92. The Morgan fingerprint density at radius 1 is 1.32 bits per heavy atom. The molecule has 37 heavy (non-hydrogen) atoms. The van der Waals surface area contributed by atoms with Crippen LogP contribution in [0.1, 0.15) is 44.4 Å². The number of carbonyl (C=O) groups is 1. The number of aromatic nitrogens is 2. The Morgan fingerprint density at radius 2 is 2.08 bits per heavy atom. The third kappa shape index (κ3) is 4.61. The molecule has 0 spiro atoms. The van der Waals surface area contributed by atoms with Crippen LogP contribution in [0.5, 0.6) is 0 Å². The molecule has 3 heterocycles. The molecule has 1 N–H and O–H groups in total. The molecule has 11 heteroatoms. The number of benzene rings is 2.